The van der Waals surface area contributed by atoms with Crippen molar-refractivity contribution >= 4 is 12.2 Å². The molecule has 1 atom stereocenters. The molecule has 1 N–H and O–H groups in total. The zero-order valence-electron chi connectivity index (χ0n) is 14.2. The topological polar surface area (TPSA) is 52.1 Å². The lowest BCUT2D eigenvalue weighted by molar-refractivity contribution is 0.0958. The van der Waals surface area contributed by atoms with Crippen LogP contribution in [-0.2, 0) is 11.3 Å². The Morgan fingerprint density at radius 3 is 2.42 bits per heavy atom. The molecule has 3 aromatic rings. The molecule has 1 saturated heterocycles. The van der Waals surface area contributed by atoms with E-state index in [9.17, 15) is 0 Å². The highest BCUT2D eigenvalue weighted by Crippen LogP contribution is 2.46. The molecular weight excluding hydrogens is 346 g/mol. The number of aromatic amines is 1. The molecule has 0 aliphatic carbocycles. The molecule has 26 heavy (non-hydrogen) atoms. The van der Waals surface area contributed by atoms with Crippen LogP contribution in [0, 0.1) is 4.77 Å². The van der Waals surface area contributed by atoms with Gasteiger partial charge in [0, 0.05) is 17.7 Å². The molecule has 1 aromatic heterocycles. The average Bonchev–Trinajstić information content (AvgIpc) is 3.31. The summed E-state index contributed by atoms with van der Waals surface area (Å²) in [7, 11) is 0. The molecule has 132 valence electrons. The molecule has 1 fully saturated rings. The monoisotopic (exact) mass is 365 g/mol. The summed E-state index contributed by atoms with van der Waals surface area (Å²) in [4.78, 5) is 0. The molecule has 2 aliphatic rings. The lowest BCUT2D eigenvalue weighted by Gasteiger charge is -2.28. The van der Waals surface area contributed by atoms with Crippen molar-refractivity contribution in [2.24, 2.45) is 0 Å². The van der Waals surface area contributed by atoms with E-state index in [0.717, 1.165) is 54.4 Å². The van der Waals surface area contributed by atoms with Gasteiger partial charge >= 0.3 is 0 Å². The van der Waals surface area contributed by atoms with Crippen molar-refractivity contribution in [3.05, 3.63) is 70.3 Å². The Hall–Kier alpha value is -2.44. The van der Waals surface area contributed by atoms with Gasteiger partial charge in [-0.25, -0.2) is 0 Å². The maximum absolute atomic E-state index is 6.11. The van der Waals surface area contributed by atoms with Gasteiger partial charge in [0.25, 0.3) is 0 Å². The van der Waals surface area contributed by atoms with Crippen molar-refractivity contribution in [3.63, 3.8) is 0 Å². The Labute approximate surface area is 156 Å². The van der Waals surface area contributed by atoms with E-state index in [2.05, 4.69) is 26.9 Å². The van der Waals surface area contributed by atoms with Crippen LogP contribution >= 0.6 is 12.2 Å². The van der Waals surface area contributed by atoms with Crippen LogP contribution in [0.5, 0.6) is 11.5 Å². The molecule has 5 rings (SSSR count). The summed E-state index contributed by atoms with van der Waals surface area (Å²) in [5.41, 5.74) is 2.21. The van der Waals surface area contributed by atoms with Crippen LogP contribution in [-0.4, -0.2) is 27.5 Å². The fraction of sp³-hybridized carbons (Fsp3) is 0.300. The summed E-state index contributed by atoms with van der Waals surface area (Å²) < 4.78 is 14.7. The van der Waals surface area contributed by atoms with Crippen molar-refractivity contribution in [3.8, 4) is 11.5 Å². The number of nitrogens with zero attached hydrogens (tertiary/aromatic N) is 2. The predicted molar refractivity (Wildman–Crippen MR) is 100 cm³/mol. The van der Waals surface area contributed by atoms with Gasteiger partial charge in [-0.2, -0.15) is 5.10 Å². The maximum atomic E-state index is 6.11. The van der Waals surface area contributed by atoms with Crippen LogP contribution in [0.15, 0.2) is 48.5 Å². The highest BCUT2D eigenvalue weighted by molar-refractivity contribution is 7.71. The molecule has 0 amide bonds. The molecule has 2 aliphatic heterocycles. The maximum Gasteiger partial charge on any atom is 0.195 e. The molecule has 0 bridgehead atoms. The van der Waals surface area contributed by atoms with E-state index in [1.54, 1.807) is 0 Å². The summed E-state index contributed by atoms with van der Waals surface area (Å²) in [6.45, 7) is 1.56. The fourth-order valence-corrected chi connectivity index (χ4v) is 4.12. The minimum atomic E-state index is -0.0227. The molecular formula is C20H19N3O2S. The number of aromatic nitrogens is 3. The minimum absolute atomic E-state index is 0.0227. The zero-order valence-corrected chi connectivity index (χ0v) is 15.0. The molecule has 3 heterocycles. The van der Waals surface area contributed by atoms with Crippen LogP contribution in [0.3, 0.4) is 0 Å². The Bertz CT molecular complexity index is 959. The summed E-state index contributed by atoms with van der Waals surface area (Å²) in [6, 6.07) is 16.3. The van der Waals surface area contributed by atoms with Crippen LogP contribution < -0.4 is 4.74 Å². The van der Waals surface area contributed by atoms with Gasteiger partial charge in [0.15, 0.2) is 4.77 Å². The van der Waals surface area contributed by atoms with Crippen LogP contribution in [0.4, 0.5) is 0 Å². The lowest BCUT2D eigenvalue weighted by atomic mass is 9.87. The number of hydrogen-bond acceptors (Lipinski definition) is 4. The summed E-state index contributed by atoms with van der Waals surface area (Å²) in [5.74, 6) is 2.63. The third kappa shape index (κ3) is 2.57. The molecule has 0 unspecified atom stereocenters. The van der Waals surface area contributed by atoms with E-state index in [4.69, 9.17) is 21.7 Å². The number of ether oxygens (including phenoxy) is 2. The van der Waals surface area contributed by atoms with E-state index < -0.39 is 0 Å². The van der Waals surface area contributed by atoms with Gasteiger partial charge in [-0.15, -0.1) is 0 Å². The van der Waals surface area contributed by atoms with Crippen LogP contribution in [0.1, 0.15) is 35.7 Å². The number of rotatable bonds is 3. The van der Waals surface area contributed by atoms with Gasteiger partial charge in [0.05, 0.1) is 18.6 Å². The quantitative estimate of drug-likeness (QED) is 0.547. The first-order valence-corrected chi connectivity index (χ1v) is 9.34. The lowest BCUT2D eigenvalue weighted by Crippen LogP contribution is -2.21. The second-order valence-corrected chi connectivity index (χ2v) is 7.13. The van der Waals surface area contributed by atoms with Gasteiger partial charge in [0.2, 0.25) is 0 Å². The van der Waals surface area contributed by atoms with Crippen molar-refractivity contribution in [2.45, 2.75) is 31.4 Å². The Morgan fingerprint density at radius 2 is 1.77 bits per heavy atom. The summed E-state index contributed by atoms with van der Waals surface area (Å²) in [5, 5.41) is 7.60. The minimum Gasteiger partial charge on any atom is -0.457 e. The average molecular weight is 365 g/mol. The third-order valence-corrected chi connectivity index (χ3v) is 5.45. The van der Waals surface area contributed by atoms with Gasteiger partial charge < -0.3 is 14.0 Å². The second-order valence-electron chi connectivity index (χ2n) is 6.74. The smallest absolute Gasteiger partial charge is 0.195 e. The zero-order chi connectivity index (χ0) is 17.5. The van der Waals surface area contributed by atoms with Crippen molar-refractivity contribution < 1.29 is 9.47 Å². The largest absolute Gasteiger partial charge is 0.457 e. The summed E-state index contributed by atoms with van der Waals surface area (Å²) >= 11 is 5.53. The van der Waals surface area contributed by atoms with E-state index in [-0.39, 0.29) is 12.0 Å². The standard InChI is InChI=1S/C20H19N3O2S/c26-20-22-21-19(23(20)12-13-6-5-11-24-13)18-14-7-1-3-9-16(14)25-17-10-4-2-8-15(17)18/h1-4,7-10,13,18H,5-6,11-12H2,(H,22,26)/t13-/m1/s1. The number of para-hydroxylation sites is 2. The van der Waals surface area contributed by atoms with Crippen molar-refractivity contribution in [2.75, 3.05) is 6.61 Å². The number of H-pyrrole nitrogens is 1. The Balaban J connectivity index is 1.66. The highest BCUT2D eigenvalue weighted by Gasteiger charge is 2.32. The number of fused-ring (bicyclic) bond motifs is 2. The molecule has 5 nitrogen and oxygen atoms in total. The van der Waals surface area contributed by atoms with E-state index >= 15 is 0 Å². The predicted octanol–water partition coefficient (Wildman–Crippen LogP) is 4.41. The SMILES string of the molecule is S=c1[nH]nc(C2c3ccccc3Oc3ccccc32)n1C[C@H]1CCCO1. The van der Waals surface area contributed by atoms with Gasteiger partial charge in [-0.1, -0.05) is 36.4 Å². The molecule has 0 spiro atoms. The van der Waals surface area contributed by atoms with Gasteiger partial charge in [-0.3, -0.25) is 5.10 Å². The first-order chi connectivity index (χ1) is 12.8. The molecule has 6 heteroatoms. The Morgan fingerprint density at radius 1 is 1.08 bits per heavy atom. The number of benzene rings is 2. The van der Waals surface area contributed by atoms with E-state index in [0.29, 0.717) is 4.77 Å². The molecule has 0 radical (unpaired) electrons. The fourth-order valence-electron chi connectivity index (χ4n) is 3.91. The molecule has 0 saturated carbocycles. The third-order valence-electron chi connectivity index (χ3n) is 5.14. The van der Waals surface area contributed by atoms with Crippen molar-refractivity contribution in [1.29, 1.82) is 0 Å². The number of hydrogen-bond donors (Lipinski definition) is 1. The van der Waals surface area contributed by atoms with Crippen LogP contribution in [0.2, 0.25) is 0 Å². The first-order valence-electron chi connectivity index (χ1n) is 8.93. The van der Waals surface area contributed by atoms with Crippen molar-refractivity contribution in [1.82, 2.24) is 14.8 Å². The van der Waals surface area contributed by atoms with E-state index in [1.165, 1.54) is 0 Å². The summed E-state index contributed by atoms with van der Waals surface area (Å²) in [6.07, 6.45) is 2.37. The number of nitrogens with one attached hydrogen (secondary N) is 1. The second kappa shape index (κ2) is 6.37. The van der Waals surface area contributed by atoms with Crippen LogP contribution in [0.25, 0.3) is 0 Å². The molecule has 2 aromatic carbocycles. The highest BCUT2D eigenvalue weighted by atomic mass is 32.1. The van der Waals surface area contributed by atoms with E-state index in [1.807, 2.05) is 36.4 Å². The normalized spacial score (nSPS) is 19.0. The Kier molecular flexibility index (Phi) is 3.87. The first kappa shape index (κ1) is 15.8. The van der Waals surface area contributed by atoms with Gasteiger partial charge in [-0.05, 0) is 37.2 Å². The van der Waals surface area contributed by atoms with Gasteiger partial charge in [0.1, 0.15) is 17.3 Å².